The molecule has 0 amide bonds. The number of aliphatic hydroxyl groups is 1. The maximum Gasteiger partial charge on any atom is 0.127 e. The van der Waals surface area contributed by atoms with Crippen molar-refractivity contribution in [3.63, 3.8) is 0 Å². The van der Waals surface area contributed by atoms with Gasteiger partial charge in [-0.2, -0.15) is 0 Å². The van der Waals surface area contributed by atoms with Crippen molar-refractivity contribution in [2.45, 2.75) is 6.10 Å². The standard InChI is InChI=1S/C9H12FNO2/c1-13-9-4-6(10)2-3-7(9)8(12)5-11/h2-4,8,12H,5,11H2,1H3/t8-/m1/s1. The Balaban J connectivity index is 3.05. The van der Waals surface area contributed by atoms with Crippen LogP contribution in [0.4, 0.5) is 4.39 Å². The first-order chi connectivity index (χ1) is 6.19. The number of halogens is 1. The van der Waals surface area contributed by atoms with Gasteiger partial charge in [-0.3, -0.25) is 0 Å². The van der Waals surface area contributed by atoms with Gasteiger partial charge in [-0.05, 0) is 12.1 Å². The molecule has 0 aliphatic heterocycles. The summed E-state index contributed by atoms with van der Waals surface area (Å²) in [6.07, 6.45) is -0.810. The molecule has 0 aliphatic rings. The SMILES string of the molecule is COc1cc(F)ccc1[C@H](O)CN. The molecule has 0 radical (unpaired) electrons. The van der Waals surface area contributed by atoms with Crippen molar-refractivity contribution in [1.29, 1.82) is 0 Å². The largest absolute Gasteiger partial charge is 0.496 e. The fraction of sp³-hybridized carbons (Fsp3) is 0.333. The number of nitrogens with two attached hydrogens (primary N) is 1. The summed E-state index contributed by atoms with van der Waals surface area (Å²) >= 11 is 0. The van der Waals surface area contributed by atoms with Crippen LogP contribution in [0.15, 0.2) is 18.2 Å². The number of methoxy groups -OCH3 is 1. The lowest BCUT2D eigenvalue weighted by Gasteiger charge is -2.12. The van der Waals surface area contributed by atoms with Gasteiger partial charge in [0.25, 0.3) is 0 Å². The highest BCUT2D eigenvalue weighted by Gasteiger charge is 2.11. The topological polar surface area (TPSA) is 55.5 Å². The van der Waals surface area contributed by atoms with Gasteiger partial charge < -0.3 is 15.6 Å². The highest BCUT2D eigenvalue weighted by atomic mass is 19.1. The summed E-state index contributed by atoms with van der Waals surface area (Å²) in [6, 6.07) is 3.94. The molecule has 0 saturated carbocycles. The first-order valence-electron chi connectivity index (χ1n) is 3.90. The van der Waals surface area contributed by atoms with Crippen LogP contribution in [0.1, 0.15) is 11.7 Å². The molecule has 1 atom stereocenters. The summed E-state index contributed by atoms with van der Waals surface area (Å²) in [4.78, 5) is 0. The smallest absolute Gasteiger partial charge is 0.127 e. The second kappa shape index (κ2) is 4.20. The maximum atomic E-state index is 12.7. The highest BCUT2D eigenvalue weighted by Crippen LogP contribution is 2.25. The molecule has 0 aliphatic carbocycles. The van der Waals surface area contributed by atoms with Crippen LogP contribution < -0.4 is 10.5 Å². The molecule has 0 spiro atoms. The van der Waals surface area contributed by atoms with Gasteiger partial charge >= 0.3 is 0 Å². The molecule has 0 saturated heterocycles. The lowest BCUT2D eigenvalue weighted by molar-refractivity contribution is 0.182. The molecule has 1 aromatic rings. The summed E-state index contributed by atoms with van der Waals surface area (Å²) < 4.78 is 17.6. The molecule has 72 valence electrons. The van der Waals surface area contributed by atoms with Gasteiger partial charge in [0, 0.05) is 18.2 Å². The summed E-state index contributed by atoms with van der Waals surface area (Å²) in [5, 5.41) is 9.40. The predicted octanol–water partition coefficient (Wildman–Crippen LogP) is 0.826. The van der Waals surface area contributed by atoms with E-state index in [1.165, 1.54) is 25.3 Å². The number of aliphatic hydroxyl groups excluding tert-OH is 1. The van der Waals surface area contributed by atoms with Crippen molar-refractivity contribution >= 4 is 0 Å². The number of hydrogen-bond acceptors (Lipinski definition) is 3. The van der Waals surface area contributed by atoms with E-state index in [2.05, 4.69) is 0 Å². The van der Waals surface area contributed by atoms with Crippen LogP contribution >= 0.6 is 0 Å². The van der Waals surface area contributed by atoms with Crippen LogP contribution in [-0.4, -0.2) is 18.8 Å². The molecule has 0 heterocycles. The van der Waals surface area contributed by atoms with Crippen molar-refractivity contribution in [3.05, 3.63) is 29.6 Å². The number of ether oxygens (including phenoxy) is 1. The Morgan fingerprint density at radius 1 is 1.62 bits per heavy atom. The second-order valence-electron chi connectivity index (χ2n) is 2.64. The lowest BCUT2D eigenvalue weighted by Crippen LogP contribution is -2.12. The summed E-state index contributed by atoms with van der Waals surface area (Å²) in [5.41, 5.74) is 5.77. The molecule has 1 aromatic carbocycles. The monoisotopic (exact) mass is 185 g/mol. The van der Waals surface area contributed by atoms with Gasteiger partial charge in [-0.1, -0.05) is 0 Å². The minimum Gasteiger partial charge on any atom is -0.496 e. The number of benzene rings is 1. The Bertz CT molecular complexity index is 291. The van der Waals surface area contributed by atoms with Gasteiger partial charge in [0.2, 0.25) is 0 Å². The number of rotatable bonds is 3. The zero-order chi connectivity index (χ0) is 9.84. The first-order valence-corrected chi connectivity index (χ1v) is 3.90. The zero-order valence-corrected chi connectivity index (χ0v) is 7.33. The van der Waals surface area contributed by atoms with Gasteiger partial charge in [-0.15, -0.1) is 0 Å². The van der Waals surface area contributed by atoms with Gasteiger partial charge in [0.05, 0.1) is 13.2 Å². The minimum absolute atomic E-state index is 0.0853. The van der Waals surface area contributed by atoms with Crippen molar-refractivity contribution in [2.24, 2.45) is 5.73 Å². The maximum absolute atomic E-state index is 12.7. The van der Waals surface area contributed by atoms with Gasteiger partial charge in [-0.25, -0.2) is 4.39 Å². The third-order valence-electron chi connectivity index (χ3n) is 1.78. The van der Waals surface area contributed by atoms with Crippen molar-refractivity contribution in [1.82, 2.24) is 0 Å². The molecule has 3 N–H and O–H groups in total. The van der Waals surface area contributed by atoms with Crippen LogP contribution in [-0.2, 0) is 0 Å². The molecular weight excluding hydrogens is 173 g/mol. The van der Waals surface area contributed by atoms with E-state index in [0.717, 1.165) is 0 Å². The Kier molecular flexibility index (Phi) is 3.22. The Morgan fingerprint density at radius 3 is 2.85 bits per heavy atom. The van der Waals surface area contributed by atoms with Crippen molar-refractivity contribution < 1.29 is 14.2 Å². The second-order valence-corrected chi connectivity index (χ2v) is 2.64. The van der Waals surface area contributed by atoms with E-state index in [0.29, 0.717) is 11.3 Å². The van der Waals surface area contributed by atoms with E-state index in [-0.39, 0.29) is 6.54 Å². The average Bonchev–Trinajstić information content (AvgIpc) is 2.16. The summed E-state index contributed by atoms with van der Waals surface area (Å²) in [6.45, 7) is 0.0853. The van der Waals surface area contributed by atoms with Crippen LogP contribution in [0.25, 0.3) is 0 Å². The molecule has 0 bridgehead atoms. The molecule has 3 nitrogen and oxygen atoms in total. The van der Waals surface area contributed by atoms with E-state index in [1.54, 1.807) is 0 Å². The van der Waals surface area contributed by atoms with Crippen LogP contribution in [0.3, 0.4) is 0 Å². The third kappa shape index (κ3) is 2.17. The molecule has 0 unspecified atom stereocenters. The number of hydrogen-bond donors (Lipinski definition) is 2. The average molecular weight is 185 g/mol. The van der Waals surface area contributed by atoms with E-state index in [1.807, 2.05) is 0 Å². The molecule has 4 heteroatoms. The Hall–Kier alpha value is -1.13. The van der Waals surface area contributed by atoms with E-state index < -0.39 is 11.9 Å². The molecule has 1 rings (SSSR count). The highest BCUT2D eigenvalue weighted by molar-refractivity contribution is 5.35. The summed E-state index contributed by atoms with van der Waals surface area (Å²) in [7, 11) is 1.42. The minimum atomic E-state index is -0.810. The normalized spacial score (nSPS) is 12.6. The zero-order valence-electron chi connectivity index (χ0n) is 7.33. The molecule has 0 aromatic heterocycles. The molecule has 13 heavy (non-hydrogen) atoms. The van der Waals surface area contributed by atoms with Crippen molar-refractivity contribution in [3.8, 4) is 5.75 Å². The lowest BCUT2D eigenvalue weighted by atomic mass is 10.1. The molecule has 0 fully saturated rings. The quantitative estimate of drug-likeness (QED) is 0.733. The van der Waals surface area contributed by atoms with Gasteiger partial charge in [0.15, 0.2) is 0 Å². The van der Waals surface area contributed by atoms with Crippen LogP contribution in [0, 0.1) is 5.82 Å². The first kappa shape index (κ1) is 9.95. The van der Waals surface area contributed by atoms with E-state index in [4.69, 9.17) is 10.5 Å². The third-order valence-corrected chi connectivity index (χ3v) is 1.78. The molecular formula is C9H12FNO2. The fourth-order valence-corrected chi connectivity index (χ4v) is 1.09. The summed E-state index contributed by atoms with van der Waals surface area (Å²) in [5.74, 6) is -0.0808. The van der Waals surface area contributed by atoms with E-state index in [9.17, 15) is 9.50 Å². The van der Waals surface area contributed by atoms with Gasteiger partial charge in [0.1, 0.15) is 11.6 Å². The van der Waals surface area contributed by atoms with Crippen LogP contribution in [0.5, 0.6) is 5.75 Å². The Labute approximate surface area is 75.9 Å². The Morgan fingerprint density at radius 2 is 2.31 bits per heavy atom. The van der Waals surface area contributed by atoms with E-state index >= 15 is 0 Å². The predicted molar refractivity (Wildman–Crippen MR) is 47.0 cm³/mol. The fourth-order valence-electron chi connectivity index (χ4n) is 1.09. The van der Waals surface area contributed by atoms with Crippen molar-refractivity contribution in [2.75, 3.05) is 13.7 Å². The van der Waals surface area contributed by atoms with Crippen LogP contribution in [0.2, 0.25) is 0 Å².